The molecule has 5 heteroatoms. The number of hydrogen-bond donors (Lipinski definition) is 1. The predicted octanol–water partition coefficient (Wildman–Crippen LogP) is 2.57. The number of pyridine rings is 1. The van der Waals surface area contributed by atoms with Crippen molar-refractivity contribution in [2.75, 3.05) is 12.1 Å². The van der Waals surface area contributed by atoms with Gasteiger partial charge in [0.2, 0.25) is 0 Å². The van der Waals surface area contributed by atoms with Crippen molar-refractivity contribution < 1.29 is 9.94 Å². The van der Waals surface area contributed by atoms with E-state index in [1.165, 1.54) is 13.2 Å². The second kappa shape index (κ2) is 5.17. The zero-order valence-electron chi connectivity index (χ0n) is 9.74. The first-order valence-electron chi connectivity index (χ1n) is 5.26. The molecule has 0 bridgehead atoms. The van der Waals surface area contributed by atoms with Crippen molar-refractivity contribution in [2.45, 2.75) is 0 Å². The van der Waals surface area contributed by atoms with E-state index in [0.717, 1.165) is 5.06 Å². The molecular weight excluding hydrogens is 230 g/mol. The van der Waals surface area contributed by atoms with Crippen LogP contribution in [0.15, 0.2) is 42.6 Å². The lowest BCUT2D eigenvalue weighted by molar-refractivity contribution is 0.276. The van der Waals surface area contributed by atoms with Gasteiger partial charge in [0.15, 0.2) is 5.82 Å². The summed E-state index contributed by atoms with van der Waals surface area (Å²) in [5.74, 6) is 1.62. The molecule has 1 aromatic carbocycles. The van der Waals surface area contributed by atoms with E-state index in [4.69, 9.17) is 15.2 Å². The van der Waals surface area contributed by atoms with Gasteiger partial charge in [-0.15, -0.1) is 0 Å². The Morgan fingerprint density at radius 2 is 1.83 bits per heavy atom. The molecule has 0 aliphatic heterocycles. The second-order valence-electron chi connectivity index (χ2n) is 3.61. The third kappa shape index (κ3) is 2.75. The highest BCUT2D eigenvalue weighted by Crippen LogP contribution is 2.22. The Morgan fingerprint density at radius 3 is 2.33 bits per heavy atom. The molecule has 1 aromatic heterocycles. The van der Waals surface area contributed by atoms with Crippen molar-refractivity contribution in [3.8, 4) is 17.6 Å². The third-order valence-electron chi connectivity index (χ3n) is 2.27. The van der Waals surface area contributed by atoms with Gasteiger partial charge in [-0.1, -0.05) is 0 Å². The number of benzene rings is 1. The quantitative estimate of drug-likeness (QED) is 0.836. The zero-order chi connectivity index (χ0) is 13.0. The monoisotopic (exact) mass is 241 g/mol. The summed E-state index contributed by atoms with van der Waals surface area (Å²) in [6.45, 7) is 0. The van der Waals surface area contributed by atoms with Gasteiger partial charge in [-0.2, -0.15) is 5.26 Å². The molecule has 0 radical (unpaired) electrons. The summed E-state index contributed by atoms with van der Waals surface area (Å²) >= 11 is 0. The van der Waals surface area contributed by atoms with E-state index in [2.05, 4.69) is 4.98 Å². The lowest BCUT2D eigenvalue weighted by atomic mass is 10.2. The first-order chi connectivity index (χ1) is 8.69. The number of ether oxygens (including phenoxy) is 1. The van der Waals surface area contributed by atoms with Crippen LogP contribution < -0.4 is 9.80 Å². The molecule has 0 aliphatic rings. The van der Waals surface area contributed by atoms with Gasteiger partial charge in [0, 0.05) is 7.05 Å². The van der Waals surface area contributed by atoms with E-state index in [0.29, 0.717) is 22.9 Å². The fourth-order valence-corrected chi connectivity index (χ4v) is 1.36. The number of hydroxylamine groups is 1. The number of aromatic nitrogens is 1. The highest BCUT2D eigenvalue weighted by molar-refractivity contribution is 5.40. The maximum Gasteiger partial charge on any atom is 0.152 e. The lowest BCUT2D eigenvalue weighted by Gasteiger charge is -2.10. The molecule has 18 heavy (non-hydrogen) atoms. The molecule has 0 aliphatic carbocycles. The smallest absolute Gasteiger partial charge is 0.152 e. The molecule has 0 saturated carbocycles. The van der Waals surface area contributed by atoms with E-state index in [-0.39, 0.29) is 0 Å². The Balaban J connectivity index is 2.11. The molecule has 90 valence electrons. The largest absolute Gasteiger partial charge is 0.456 e. The average Bonchev–Trinajstić information content (AvgIpc) is 2.40. The normalized spacial score (nSPS) is 9.61. The maximum atomic E-state index is 9.16. The van der Waals surface area contributed by atoms with Crippen molar-refractivity contribution in [2.24, 2.45) is 0 Å². The molecule has 0 amide bonds. The number of nitriles is 1. The summed E-state index contributed by atoms with van der Waals surface area (Å²) in [6, 6.07) is 12.2. The Bertz CT molecular complexity index is 556. The second-order valence-corrected chi connectivity index (χ2v) is 3.61. The van der Waals surface area contributed by atoms with Crippen molar-refractivity contribution in [3.05, 3.63) is 48.2 Å². The van der Waals surface area contributed by atoms with Crippen molar-refractivity contribution in [3.63, 3.8) is 0 Å². The first-order valence-corrected chi connectivity index (χ1v) is 5.26. The van der Waals surface area contributed by atoms with Gasteiger partial charge in [-0.3, -0.25) is 5.21 Å². The molecule has 0 unspecified atom stereocenters. The lowest BCUT2D eigenvalue weighted by Crippen LogP contribution is -2.11. The Labute approximate surface area is 104 Å². The fraction of sp³-hybridized carbons (Fsp3) is 0.0769. The number of rotatable bonds is 3. The molecule has 0 saturated heterocycles. The van der Waals surface area contributed by atoms with Crippen LogP contribution in [0.25, 0.3) is 0 Å². The van der Waals surface area contributed by atoms with Crippen molar-refractivity contribution >= 4 is 5.82 Å². The van der Waals surface area contributed by atoms with Crippen molar-refractivity contribution in [1.82, 2.24) is 4.98 Å². The highest BCUT2D eigenvalue weighted by atomic mass is 16.5. The van der Waals surface area contributed by atoms with Gasteiger partial charge in [-0.05, 0) is 36.4 Å². The molecule has 0 fully saturated rings. The van der Waals surface area contributed by atoms with E-state index in [1.807, 2.05) is 6.07 Å². The summed E-state index contributed by atoms with van der Waals surface area (Å²) in [5, 5.41) is 18.8. The van der Waals surface area contributed by atoms with E-state index >= 15 is 0 Å². The molecular formula is C13H11N3O2. The number of hydrogen-bond acceptors (Lipinski definition) is 5. The molecule has 2 aromatic rings. The van der Waals surface area contributed by atoms with E-state index < -0.39 is 0 Å². The summed E-state index contributed by atoms with van der Waals surface area (Å²) < 4.78 is 5.54. The van der Waals surface area contributed by atoms with Gasteiger partial charge in [0.25, 0.3) is 0 Å². The van der Waals surface area contributed by atoms with Crippen LogP contribution in [0.1, 0.15) is 5.56 Å². The van der Waals surface area contributed by atoms with Crippen LogP contribution in [0.2, 0.25) is 0 Å². The standard InChI is InChI=1S/C13H11N3O2/c1-16(17)13-7-6-12(9-15-13)18-11-4-2-10(8-14)3-5-11/h2-7,9,17H,1H3. The van der Waals surface area contributed by atoms with Crippen molar-refractivity contribution in [1.29, 1.82) is 5.26 Å². The minimum Gasteiger partial charge on any atom is -0.456 e. The number of nitrogens with zero attached hydrogens (tertiary/aromatic N) is 3. The van der Waals surface area contributed by atoms with E-state index in [1.54, 1.807) is 36.4 Å². The van der Waals surface area contributed by atoms with Crippen LogP contribution in [-0.4, -0.2) is 17.2 Å². The molecule has 1 N–H and O–H groups in total. The summed E-state index contributed by atoms with van der Waals surface area (Å²) in [4.78, 5) is 4.01. The summed E-state index contributed by atoms with van der Waals surface area (Å²) in [7, 11) is 1.49. The van der Waals surface area contributed by atoms with Gasteiger partial charge in [0.05, 0.1) is 17.8 Å². The highest BCUT2D eigenvalue weighted by Gasteiger charge is 2.01. The summed E-state index contributed by atoms with van der Waals surface area (Å²) in [5.41, 5.74) is 0.581. The maximum absolute atomic E-state index is 9.16. The zero-order valence-corrected chi connectivity index (χ0v) is 9.74. The molecule has 2 rings (SSSR count). The average molecular weight is 241 g/mol. The molecule has 5 nitrogen and oxygen atoms in total. The van der Waals surface area contributed by atoms with Crippen LogP contribution >= 0.6 is 0 Å². The minimum absolute atomic E-state index is 0.433. The van der Waals surface area contributed by atoms with E-state index in [9.17, 15) is 0 Å². The van der Waals surface area contributed by atoms with Crippen LogP contribution in [0.3, 0.4) is 0 Å². The molecule has 1 heterocycles. The Kier molecular flexibility index (Phi) is 3.41. The fourth-order valence-electron chi connectivity index (χ4n) is 1.36. The summed E-state index contributed by atoms with van der Waals surface area (Å²) in [6.07, 6.45) is 1.51. The van der Waals surface area contributed by atoms with Gasteiger partial charge >= 0.3 is 0 Å². The van der Waals surface area contributed by atoms with Crippen LogP contribution in [0.5, 0.6) is 11.5 Å². The van der Waals surface area contributed by atoms with Crippen LogP contribution in [-0.2, 0) is 0 Å². The first kappa shape index (κ1) is 11.9. The topological polar surface area (TPSA) is 69.4 Å². The number of anilines is 1. The van der Waals surface area contributed by atoms with Gasteiger partial charge in [-0.25, -0.2) is 10.0 Å². The molecule has 0 spiro atoms. The SMILES string of the molecule is CN(O)c1ccc(Oc2ccc(C#N)cc2)cn1. The minimum atomic E-state index is 0.433. The van der Waals surface area contributed by atoms with Crippen LogP contribution in [0, 0.1) is 11.3 Å². The Morgan fingerprint density at radius 1 is 1.17 bits per heavy atom. The molecule has 0 atom stereocenters. The predicted molar refractivity (Wildman–Crippen MR) is 65.7 cm³/mol. The third-order valence-corrected chi connectivity index (χ3v) is 2.27. The van der Waals surface area contributed by atoms with Gasteiger partial charge in [0.1, 0.15) is 11.5 Å². The Hall–Kier alpha value is -2.58. The van der Waals surface area contributed by atoms with Gasteiger partial charge < -0.3 is 4.74 Å². The van der Waals surface area contributed by atoms with Crippen LogP contribution in [0.4, 0.5) is 5.82 Å².